The number of aryl methyl sites for hydroxylation is 1. The van der Waals surface area contributed by atoms with Crippen LogP contribution in [-0.4, -0.2) is 28.2 Å². The summed E-state index contributed by atoms with van der Waals surface area (Å²) in [7, 11) is -3.70. The maximum Gasteiger partial charge on any atom is 0.261 e. The zero-order chi connectivity index (χ0) is 17.2. The minimum absolute atomic E-state index is 0.167. The van der Waals surface area contributed by atoms with E-state index in [4.69, 9.17) is 14.2 Å². The molecule has 1 N–H and O–H groups in total. The third kappa shape index (κ3) is 3.41. The lowest BCUT2D eigenvalue weighted by Crippen LogP contribution is -2.17. The van der Waals surface area contributed by atoms with Crippen molar-refractivity contribution in [2.24, 2.45) is 0 Å². The lowest BCUT2D eigenvalue weighted by molar-refractivity contribution is 0.171. The quantitative estimate of drug-likeness (QED) is 0.898. The smallest absolute Gasteiger partial charge is 0.261 e. The van der Waals surface area contributed by atoms with Crippen molar-refractivity contribution >= 4 is 15.7 Å². The summed E-state index contributed by atoms with van der Waals surface area (Å²) in [6.07, 6.45) is 0. The van der Waals surface area contributed by atoms with Crippen LogP contribution in [0, 0.1) is 6.92 Å². The van der Waals surface area contributed by atoms with Gasteiger partial charge in [-0.05, 0) is 49.7 Å². The Morgan fingerprint density at radius 1 is 1.08 bits per heavy atom. The second-order valence-corrected chi connectivity index (χ2v) is 7.00. The highest BCUT2D eigenvalue weighted by atomic mass is 32.2. The fraction of sp³-hybridized carbons (Fsp3) is 0.294. The van der Waals surface area contributed by atoms with Crippen LogP contribution in [0.15, 0.2) is 41.3 Å². The van der Waals surface area contributed by atoms with Gasteiger partial charge < -0.3 is 14.2 Å². The summed E-state index contributed by atoms with van der Waals surface area (Å²) in [5.74, 6) is 1.80. The molecule has 1 aliphatic heterocycles. The summed E-state index contributed by atoms with van der Waals surface area (Å²) in [6.45, 7) is 5.15. The van der Waals surface area contributed by atoms with Crippen molar-refractivity contribution in [1.82, 2.24) is 0 Å². The van der Waals surface area contributed by atoms with Crippen molar-refractivity contribution in [3.8, 4) is 17.2 Å². The van der Waals surface area contributed by atoms with E-state index in [9.17, 15) is 8.42 Å². The molecule has 0 amide bonds. The van der Waals surface area contributed by atoms with Crippen LogP contribution in [0.3, 0.4) is 0 Å². The van der Waals surface area contributed by atoms with Crippen molar-refractivity contribution in [2.75, 3.05) is 24.5 Å². The van der Waals surface area contributed by atoms with Crippen LogP contribution >= 0.6 is 0 Å². The summed E-state index contributed by atoms with van der Waals surface area (Å²) >= 11 is 0. The highest BCUT2D eigenvalue weighted by molar-refractivity contribution is 7.92. The van der Waals surface area contributed by atoms with Gasteiger partial charge in [0.15, 0.2) is 11.5 Å². The monoisotopic (exact) mass is 349 g/mol. The standard InChI is InChI=1S/C17H19NO5S/c1-3-21-13-4-6-14(7-5-13)24(19,20)18-15-11-17-16(10-12(15)2)22-8-9-23-17/h4-7,10-11,18H,3,8-9H2,1-2H3. The number of benzene rings is 2. The van der Waals surface area contributed by atoms with Crippen molar-refractivity contribution in [1.29, 1.82) is 0 Å². The molecule has 2 aromatic rings. The van der Waals surface area contributed by atoms with E-state index in [0.717, 1.165) is 5.56 Å². The van der Waals surface area contributed by atoms with Gasteiger partial charge in [0.25, 0.3) is 10.0 Å². The Labute approximate surface area is 141 Å². The summed E-state index contributed by atoms with van der Waals surface area (Å²) in [4.78, 5) is 0.167. The molecule has 0 aliphatic carbocycles. The highest BCUT2D eigenvalue weighted by Gasteiger charge is 2.19. The van der Waals surface area contributed by atoms with E-state index in [0.29, 0.717) is 42.8 Å². The van der Waals surface area contributed by atoms with Crippen LogP contribution in [0.25, 0.3) is 0 Å². The topological polar surface area (TPSA) is 73.9 Å². The van der Waals surface area contributed by atoms with Gasteiger partial charge in [-0.1, -0.05) is 0 Å². The molecular formula is C17H19NO5S. The summed E-state index contributed by atoms with van der Waals surface area (Å²) < 4.78 is 44.1. The Balaban J connectivity index is 1.86. The molecule has 3 rings (SSSR count). The number of fused-ring (bicyclic) bond motifs is 1. The fourth-order valence-corrected chi connectivity index (χ4v) is 3.51. The Morgan fingerprint density at radius 2 is 1.71 bits per heavy atom. The van der Waals surface area contributed by atoms with Gasteiger partial charge in [0.1, 0.15) is 19.0 Å². The second-order valence-electron chi connectivity index (χ2n) is 5.32. The molecule has 0 spiro atoms. The lowest BCUT2D eigenvalue weighted by Gasteiger charge is -2.20. The van der Waals surface area contributed by atoms with Gasteiger partial charge in [-0.2, -0.15) is 0 Å². The molecule has 0 atom stereocenters. The van der Waals surface area contributed by atoms with Crippen LogP contribution in [0.5, 0.6) is 17.2 Å². The van der Waals surface area contributed by atoms with Crippen LogP contribution in [-0.2, 0) is 10.0 Å². The number of anilines is 1. The van der Waals surface area contributed by atoms with Gasteiger partial charge in [0.05, 0.1) is 17.2 Å². The molecule has 0 saturated heterocycles. The Bertz CT molecular complexity index is 831. The first-order chi connectivity index (χ1) is 11.5. The van der Waals surface area contributed by atoms with E-state index in [1.165, 1.54) is 12.1 Å². The zero-order valence-electron chi connectivity index (χ0n) is 13.5. The van der Waals surface area contributed by atoms with Crippen molar-refractivity contribution in [2.45, 2.75) is 18.7 Å². The number of rotatable bonds is 5. The Morgan fingerprint density at radius 3 is 2.33 bits per heavy atom. The first-order valence-electron chi connectivity index (χ1n) is 7.65. The van der Waals surface area contributed by atoms with Gasteiger partial charge >= 0.3 is 0 Å². The number of hydrogen-bond donors (Lipinski definition) is 1. The Hall–Kier alpha value is -2.41. The molecule has 7 heteroatoms. The minimum atomic E-state index is -3.70. The molecule has 2 aromatic carbocycles. The second kappa shape index (κ2) is 6.60. The number of hydrogen-bond acceptors (Lipinski definition) is 5. The van der Waals surface area contributed by atoms with E-state index in [1.807, 2.05) is 13.8 Å². The molecule has 128 valence electrons. The van der Waals surface area contributed by atoms with E-state index in [-0.39, 0.29) is 4.90 Å². The number of ether oxygens (including phenoxy) is 3. The molecule has 1 aliphatic rings. The Kier molecular flexibility index (Phi) is 4.53. The van der Waals surface area contributed by atoms with E-state index in [1.54, 1.807) is 24.3 Å². The van der Waals surface area contributed by atoms with E-state index in [2.05, 4.69) is 4.72 Å². The summed E-state index contributed by atoms with van der Waals surface area (Å²) in [6, 6.07) is 9.71. The predicted octanol–water partition coefficient (Wildman–Crippen LogP) is 2.97. The van der Waals surface area contributed by atoms with E-state index >= 15 is 0 Å². The molecule has 0 unspecified atom stereocenters. The maximum absolute atomic E-state index is 12.6. The number of nitrogens with one attached hydrogen (secondary N) is 1. The fourth-order valence-electron chi connectivity index (χ4n) is 2.39. The van der Waals surface area contributed by atoms with Crippen molar-refractivity contribution in [3.63, 3.8) is 0 Å². The van der Waals surface area contributed by atoms with Crippen LogP contribution < -0.4 is 18.9 Å². The van der Waals surface area contributed by atoms with Gasteiger partial charge in [-0.25, -0.2) is 8.42 Å². The van der Waals surface area contributed by atoms with Crippen LogP contribution in [0.1, 0.15) is 12.5 Å². The van der Waals surface area contributed by atoms with Crippen LogP contribution in [0.2, 0.25) is 0 Å². The average molecular weight is 349 g/mol. The third-order valence-corrected chi connectivity index (χ3v) is 4.96. The molecule has 24 heavy (non-hydrogen) atoms. The normalized spacial score (nSPS) is 13.4. The highest BCUT2D eigenvalue weighted by Crippen LogP contribution is 2.36. The van der Waals surface area contributed by atoms with Crippen molar-refractivity contribution < 1.29 is 22.6 Å². The minimum Gasteiger partial charge on any atom is -0.494 e. The number of sulfonamides is 1. The SMILES string of the molecule is CCOc1ccc(S(=O)(=O)Nc2cc3c(cc2C)OCCO3)cc1. The molecule has 1 heterocycles. The van der Waals surface area contributed by atoms with Gasteiger partial charge in [0, 0.05) is 6.07 Å². The molecule has 0 radical (unpaired) electrons. The predicted molar refractivity (Wildman–Crippen MR) is 90.6 cm³/mol. The molecule has 0 aromatic heterocycles. The van der Waals surface area contributed by atoms with Gasteiger partial charge in [0.2, 0.25) is 0 Å². The van der Waals surface area contributed by atoms with Crippen LogP contribution in [0.4, 0.5) is 5.69 Å². The molecule has 0 saturated carbocycles. The molecular weight excluding hydrogens is 330 g/mol. The largest absolute Gasteiger partial charge is 0.494 e. The average Bonchev–Trinajstić information content (AvgIpc) is 2.56. The summed E-state index contributed by atoms with van der Waals surface area (Å²) in [5.41, 5.74) is 1.22. The molecule has 6 nitrogen and oxygen atoms in total. The first kappa shape index (κ1) is 16.4. The van der Waals surface area contributed by atoms with E-state index < -0.39 is 10.0 Å². The maximum atomic E-state index is 12.6. The lowest BCUT2D eigenvalue weighted by atomic mass is 10.2. The summed E-state index contributed by atoms with van der Waals surface area (Å²) in [5, 5.41) is 0. The zero-order valence-corrected chi connectivity index (χ0v) is 14.4. The molecule has 0 fully saturated rings. The molecule has 0 bridgehead atoms. The van der Waals surface area contributed by atoms with Gasteiger partial charge in [-0.3, -0.25) is 4.72 Å². The first-order valence-corrected chi connectivity index (χ1v) is 9.14. The van der Waals surface area contributed by atoms with Gasteiger partial charge in [-0.15, -0.1) is 0 Å². The van der Waals surface area contributed by atoms with Crippen molar-refractivity contribution in [3.05, 3.63) is 42.0 Å². The third-order valence-electron chi connectivity index (χ3n) is 3.58.